The fourth-order valence-electron chi connectivity index (χ4n) is 1.70. The molecule has 0 N–H and O–H groups in total. The van der Waals surface area contributed by atoms with Gasteiger partial charge in [0.2, 0.25) is 0 Å². The standard InChI is InChI=1S/C9H11O.C6H5.ClH.Sn/c1-2-8-10-9-6-4-3-5-7-9;1-2-4-6-5-3-1;;/h3-7H,1-2,8H2;1-5H;1H;/q;;;+1/p-1. The average Bonchev–Trinajstić information content (AvgIpc) is 2.45. The van der Waals surface area contributed by atoms with Crippen LogP contribution in [0.3, 0.4) is 0 Å². The molecule has 1 nitrogen and oxygen atoms in total. The zero-order chi connectivity index (χ0) is 12.6. The second-order valence-corrected chi connectivity index (χ2v) is 12.5. The SMILES string of the molecule is [Cl][Sn]([CH2]CCOc1ccccc1)[c]1ccccc1. The molecule has 0 aliphatic rings. The zero-order valence-corrected chi connectivity index (χ0v) is 13.8. The van der Waals surface area contributed by atoms with Gasteiger partial charge in [-0.05, 0) is 0 Å². The van der Waals surface area contributed by atoms with Crippen molar-refractivity contribution < 1.29 is 4.74 Å². The molecule has 18 heavy (non-hydrogen) atoms. The van der Waals surface area contributed by atoms with Gasteiger partial charge in [-0.3, -0.25) is 0 Å². The third kappa shape index (κ3) is 4.54. The summed E-state index contributed by atoms with van der Waals surface area (Å²) in [7, 11) is 6.53. The predicted octanol–water partition coefficient (Wildman–Crippen LogP) is 3.59. The summed E-state index contributed by atoms with van der Waals surface area (Å²) >= 11 is -1.86. The summed E-state index contributed by atoms with van der Waals surface area (Å²) in [4.78, 5) is 0. The number of hydrogen-bond donors (Lipinski definition) is 0. The van der Waals surface area contributed by atoms with E-state index in [1.54, 1.807) is 0 Å². The van der Waals surface area contributed by atoms with Gasteiger partial charge in [-0.2, -0.15) is 0 Å². The summed E-state index contributed by atoms with van der Waals surface area (Å²) < 4.78 is 8.17. The third-order valence-electron chi connectivity index (χ3n) is 2.64. The van der Waals surface area contributed by atoms with Crippen LogP contribution in [0.4, 0.5) is 0 Å². The van der Waals surface area contributed by atoms with E-state index in [4.69, 9.17) is 13.7 Å². The molecule has 0 atom stereocenters. The number of halogens is 1. The van der Waals surface area contributed by atoms with E-state index in [0.717, 1.165) is 23.2 Å². The van der Waals surface area contributed by atoms with Gasteiger partial charge in [-0.1, -0.05) is 0 Å². The molecule has 0 amide bonds. The first-order valence-electron chi connectivity index (χ1n) is 6.11. The minimum absolute atomic E-state index is 0.758. The average molecular weight is 366 g/mol. The summed E-state index contributed by atoms with van der Waals surface area (Å²) in [5.74, 6) is 0.942. The van der Waals surface area contributed by atoms with Crippen molar-refractivity contribution in [1.82, 2.24) is 0 Å². The summed E-state index contributed by atoms with van der Waals surface area (Å²) in [6.07, 6.45) is 1.04. The van der Waals surface area contributed by atoms with Crippen molar-refractivity contribution >= 4 is 31.1 Å². The molecule has 0 bridgehead atoms. The molecule has 3 heteroatoms. The van der Waals surface area contributed by atoms with Crippen molar-refractivity contribution in [2.75, 3.05) is 6.61 Å². The molecule has 0 fully saturated rings. The first kappa shape index (κ1) is 13.8. The zero-order valence-electron chi connectivity index (χ0n) is 10.2. The first-order valence-corrected chi connectivity index (χ1v) is 13.2. The molecule has 0 aliphatic heterocycles. The van der Waals surface area contributed by atoms with E-state index < -0.39 is 18.6 Å². The quantitative estimate of drug-likeness (QED) is 0.561. The van der Waals surface area contributed by atoms with Gasteiger partial charge in [0.1, 0.15) is 0 Å². The van der Waals surface area contributed by atoms with Crippen molar-refractivity contribution in [3.63, 3.8) is 0 Å². The van der Waals surface area contributed by atoms with Crippen molar-refractivity contribution in [3.05, 3.63) is 60.7 Å². The molecule has 0 aromatic heterocycles. The molecular formula is C15H16ClOSn. The Balaban J connectivity index is 1.70. The number of para-hydroxylation sites is 1. The van der Waals surface area contributed by atoms with E-state index >= 15 is 0 Å². The van der Waals surface area contributed by atoms with Crippen molar-refractivity contribution in [2.24, 2.45) is 0 Å². The Morgan fingerprint density at radius 1 is 0.889 bits per heavy atom. The molecule has 0 aliphatic carbocycles. The number of rotatable bonds is 6. The second-order valence-electron chi connectivity index (χ2n) is 4.04. The molecule has 0 saturated heterocycles. The van der Waals surface area contributed by atoms with E-state index in [2.05, 4.69) is 24.3 Å². The molecule has 1 radical (unpaired) electrons. The molecular weight excluding hydrogens is 350 g/mol. The Morgan fingerprint density at radius 3 is 2.17 bits per heavy atom. The van der Waals surface area contributed by atoms with Crippen LogP contribution in [-0.2, 0) is 0 Å². The molecule has 0 saturated carbocycles. The van der Waals surface area contributed by atoms with E-state index in [1.165, 1.54) is 3.58 Å². The summed E-state index contributed by atoms with van der Waals surface area (Å²) in [5.41, 5.74) is 0. The van der Waals surface area contributed by atoms with Crippen LogP contribution >= 0.6 is 8.92 Å². The minimum atomic E-state index is -1.86. The molecule has 0 heterocycles. The summed E-state index contributed by atoms with van der Waals surface area (Å²) in [5, 5.41) is 0. The number of hydrogen-bond acceptors (Lipinski definition) is 1. The first-order chi connectivity index (χ1) is 8.86. The van der Waals surface area contributed by atoms with Crippen LogP contribution < -0.4 is 8.32 Å². The van der Waals surface area contributed by atoms with Gasteiger partial charge < -0.3 is 0 Å². The molecule has 2 aromatic rings. The van der Waals surface area contributed by atoms with Crippen molar-refractivity contribution in [1.29, 1.82) is 0 Å². The molecule has 0 unspecified atom stereocenters. The van der Waals surface area contributed by atoms with E-state index in [1.807, 2.05) is 36.4 Å². The van der Waals surface area contributed by atoms with Crippen molar-refractivity contribution in [3.8, 4) is 5.75 Å². The van der Waals surface area contributed by atoms with Crippen LogP contribution in [-0.4, -0.2) is 25.2 Å². The van der Waals surface area contributed by atoms with Gasteiger partial charge in [0.25, 0.3) is 0 Å². The van der Waals surface area contributed by atoms with Gasteiger partial charge in [-0.25, -0.2) is 0 Å². The van der Waals surface area contributed by atoms with Crippen LogP contribution in [0.15, 0.2) is 60.7 Å². The number of benzene rings is 2. The topological polar surface area (TPSA) is 9.23 Å². The van der Waals surface area contributed by atoms with Crippen molar-refractivity contribution in [2.45, 2.75) is 10.9 Å². The second kappa shape index (κ2) is 7.70. The monoisotopic (exact) mass is 367 g/mol. The normalized spacial score (nSPS) is 10.6. The van der Waals surface area contributed by atoms with Crippen LogP contribution in [0.25, 0.3) is 0 Å². The fourth-order valence-corrected chi connectivity index (χ4v) is 7.14. The molecule has 93 valence electrons. The van der Waals surface area contributed by atoms with Gasteiger partial charge in [0.05, 0.1) is 0 Å². The maximum atomic E-state index is 6.53. The molecule has 2 aromatic carbocycles. The van der Waals surface area contributed by atoms with Gasteiger partial charge in [-0.15, -0.1) is 0 Å². The predicted molar refractivity (Wildman–Crippen MR) is 79.0 cm³/mol. The van der Waals surface area contributed by atoms with Gasteiger partial charge in [0, 0.05) is 0 Å². The Morgan fingerprint density at radius 2 is 1.50 bits per heavy atom. The van der Waals surface area contributed by atoms with Crippen LogP contribution in [0, 0.1) is 0 Å². The van der Waals surface area contributed by atoms with Crippen LogP contribution in [0.5, 0.6) is 5.75 Å². The Labute approximate surface area is 119 Å². The third-order valence-corrected chi connectivity index (χ3v) is 10.4. The van der Waals surface area contributed by atoms with Gasteiger partial charge >= 0.3 is 120 Å². The number of ether oxygens (including phenoxy) is 1. The fraction of sp³-hybridized carbons (Fsp3) is 0.200. The summed E-state index contributed by atoms with van der Waals surface area (Å²) in [6.45, 7) is 0.758. The Hall–Kier alpha value is -0.671. The van der Waals surface area contributed by atoms with Crippen LogP contribution in [0.2, 0.25) is 4.44 Å². The molecule has 0 spiro atoms. The van der Waals surface area contributed by atoms with Crippen LogP contribution in [0.1, 0.15) is 6.42 Å². The Bertz CT molecular complexity index is 447. The molecule has 2 rings (SSSR count). The van der Waals surface area contributed by atoms with E-state index in [0.29, 0.717) is 0 Å². The summed E-state index contributed by atoms with van der Waals surface area (Å²) in [6, 6.07) is 20.4. The maximum absolute atomic E-state index is 6.53. The van der Waals surface area contributed by atoms with E-state index in [-0.39, 0.29) is 0 Å². The Kier molecular flexibility index (Phi) is 5.88. The van der Waals surface area contributed by atoms with E-state index in [9.17, 15) is 0 Å². The van der Waals surface area contributed by atoms with Gasteiger partial charge in [0.15, 0.2) is 0 Å².